The van der Waals surface area contributed by atoms with Gasteiger partial charge >= 0.3 is 0 Å². The molecule has 0 atom stereocenters. The lowest BCUT2D eigenvalue weighted by molar-refractivity contribution is -0.385. The molecule has 94 valence electrons. The molecule has 5 heteroatoms. The van der Waals surface area contributed by atoms with Gasteiger partial charge in [-0.1, -0.05) is 13.8 Å². The average Bonchev–Trinajstić information content (AvgIpc) is 2.29. The lowest BCUT2D eigenvalue weighted by Crippen LogP contribution is -2.30. The Kier molecular flexibility index (Phi) is 4.43. The van der Waals surface area contributed by atoms with Crippen LogP contribution in [0, 0.1) is 15.9 Å². The largest absolute Gasteiger partial charge is 0.371 e. The molecule has 0 fully saturated rings. The van der Waals surface area contributed by atoms with E-state index in [0.29, 0.717) is 5.69 Å². The van der Waals surface area contributed by atoms with Crippen LogP contribution in [0.25, 0.3) is 0 Å². The molecule has 0 heterocycles. The molecule has 17 heavy (non-hydrogen) atoms. The van der Waals surface area contributed by atoms with Gasteiger partial charge in [0.05, 0.1) is 11.0 Å². The molecule has 0 bridgehead atoms. The summed E-state index contributed by atoms with van der Waals surface area (Å²) >= 11 is 0. The highest BCUT2D eigenvalue weighted by molar-refractivity contribution is 5.53. The quantitative estimate of drug-likeness (QED) is 0.585. The lowest BCUT2D eigenvalue weighted by Gasteiger charge is -2.28. The number of non-ortho nitro benzene ring substituents is 1. The number of anilines is 1. The third-order valence-corrected chi connectivity index (χ3v) is 2.98. The molecule has 4 nitrogen and oxygen atoms in total. The van der Waals surface area contributed by atoms with Gasteiger partial charge in [0.1, 0.15) is 5.82 Å². The molecule has 1 aromatic carbocycles. The normalized spacial score (nSPS) is 10.6. The number of nitro groups is 1. The van der Waals surface area contributed by atoms with Gasteiger partial charge in [0, 0.05) is 24.8 Å². The van der Waals surface area contributed by atoms with Crippen LogP contribution >= 0.6 is 0 Å². The molecule has 0 saturated carbocycles. The van der Waals surface area contributed by atoms with E-state index >= 15 is 0 Å². The van der Waals surface area contributed by atoms with Gasteiger partial charge in [-0.2, -0.15) is 0 Å². The maximum absolute atomic E-state index is 13.3. The summed E-state index contributed by atoms with van der Waals surface area (Å²) in [5.74, 6) is -0.577. The van der Waals surface area contributed by atoms with E-state index in [1.54, 1.807) is 0 Å². The highest BCUT2D eigenvalue weighted by Crippen LogP contribution is 2.25. The van der Waals surface area contributed by atoms with Crippen molar-refractivity contribution in [1.29, 1.82) is 0 Å². The van der Waals surface area contributed by atoms with Crippen LogP contribution < -0.4 is 4.90 Å². The van der Waals surface area contributed by atoms with E-state index in [9.17, 15) is 14.5 Å². The predicted octanol–water partition coefficient (Wildman–Crippen LogP) is 3.36. The number of benzene rings is 1. The fraction of sp³-hybridized carbons (Fsp3) is 0.500. The Balaban J connectivity index is 3.08. The van der Waals surface area contributed by atoms with Gasteiger partial charge in [-0.05, 0) is 18.9 Å². The van der Waals surface area contributed by atoms with Gasteiger partial charge in [-0.15, -0.1) is 0 Å². The summed E-state index contributed by atoms with van der Waals surface area (Å²) in [6.45, 7) is 4.08. The van der Waals surface area contributed by atoms with Crippen LogP contribution in [0.3, 0.4) is 0 Å². The summed E-state index contributed by atoms with van der Waals surface area (Å²) in [6.07, 6.45) is 1.83. The minimum atomic E-state index is -0.577. The fourth-order valence-corrected chi connectivity index (χ4v) is 1.92. The minimum absolute atomic E-state index is 0.210. The summed E-state index contributed by atoms with van der Waals surface area (Å²) in [4.78, 5) is 12.0. The standard InChI is InChI=1S/C12H17FN2O2/c1-4-10(5-2)14(3)11-6-9(13)7-12(8-11)15(16)17/h6-8,10H,4-5H2,1-3H3. The monoisotopic (exact) mass is 240 g/mol. The highest BCUT2D eigenvalue weighted by atomic mass is 19.1. The van der Waals surface area contributed by atoms with Crippen molar-refractivity contribution in [2.45, 2.75) is 32.7 Å². The Morgan fingerprint density at radius 2 is 1.94 bits per heavy atom. The Morgan fingerprint density at radius 1 is 1.35 bits per heavy atom. The number of nitro benzene ring substituents is 1. The van der Waals surface area contributed by atoms with Crippen LogP contribution in [0.5, 0.6) is 0 Å². The van der Waals surface area contributed by atoms with Crippen molar-refractivity contribution < 1.29 is 9.31 Å². The van der Waals surface area contributed by atoms with Crippen molar-refractivity contribution in [3.63, 3.8) is 0 Å². The van der Waals surface area contributed by atoms with Crippen LogP contribution in [0.4, 0.5) is 15.8 Å². The molecule has 1 aromatic rings. The Morgan fingerprint density at radius 3 is 2.41 bits per heavy atom. The van der Waals surface area contributed by atoms with Crippen LogP contribution in [-0.4, -0.2) is 18.0 Å². The van der Waals surface area contributed by atoms with Gasteiger partial charge in [-0.25, -0.2) is 4.39 Å². The van der Waals surface area contributed by atoms with Crippen LogP contribution in [0.2, 0.25) is 0 Å². The van der Waals surface area contributed by atoms with Crippen LogP contribution in [0.15, 0.2) is 18.2 Å². The number of halogens is 1. The second-order valence-electron chi connectivity index (χ2n) is 4.01. The number of rotatable bonds is 5. The molecule has 1 rings (SSSR count). The van der Waals surface area contributed by atoms with Crippen molar-refractivity contribution in [2.75, 3.05) is 11.9 Å². The van der Waals surface area contributed by atoms with E-state index < -0.39 is 10.7 Å². The summed E-state index contributed by atoms with van der Waals surface area (Å²) in [7, 11) is 1.83. The van der Waals surface area contributed by atoms with Crippen molar-refractivity contribution >= 4 is 11.4 Å². The number of nitrogens with zero attached hydrogens (tertiary/aromatic N) is 2. The average molecular weight is 240 g/mol. The smallest absolute Gasteiger partial charge is 0.274 e. The molecule has 0 aromatic heterocycles. The Bertz CT molecular complexity index is 405. The lowest BCUT2D eigenvalue weighted by atomic mass is 10.1. The SMILES string of the molecule is CCC(CC)N(C)c1cc(F)cc([N+](=O)[O-])c1. The molecular formula is C12H17FN2O2. The molecular weight excluding hydrogens is 223 g/mol. The third kappa shape index (κ3) is 3.15. The highest BCUT2D eigenvalue weighted by Gasteiger charge is 2.16. The van der Waals surface area contributed by atoms with Crippen molar-refractivity contribution in [2.24, 2.45) is 0 Å². The van der Waals surface area contributed by atoms with Crippen molar-refractivity contribution in [3.8, 4) is 0 Å². The van der Waals surface area contributed by atoms with Crippen molar-refractivity contribution in [3.05, 3.63) is 34.1 Å². The minimum Gasteiger partial charge on any atom is -0.371 e. The molecule has 0 unspecified atom stereocenters. The second kappa shape index (κ2) is 5.61. The van der Waals surface area contributed by atoms with E-state index in [1.165, 1.54) is 12.1 Å². The van der Waals surface area contributed by atoms with Crippen molar-refractivity contribution in [1.82, 2.24) is 0 Å². The molecule has 0 amide bonds. The van der Waals surface area contributed by atoms with E-state index in [2.05, 4.69) is 0 Å². The first kappa shape index (κ1) is 13.4. The Hall–Kier alpha value is -1.65. The zero-order valence-electron chi connectivity index (χ0n) is 10.3. The first-order valence-electron chi connectivity index (χ1n) is 5.67. The summed E-state index contributed by atoms with van der Waals surface area (Å²) in [5, 5.41) is 10.7. The zero-order chi connectivity index (χ0) is 13.0. The topological polar surface area (TPSA) is 46.4 Å². The second-order valence-corrected chi connectivity index (χ2v) is 4.01. The predicted molar refractivity (Wildman–Crippen MR) is 65.8 cm³/mol. The van der Waals surface area contributed by atoms with Crippen LogP contribution in [0.1, 0.15) is 26.7 Å². The van der Waals surface area contributed by atoms with Crippen LogP contribution in [-0.2, 0) is 0 Å². The molecule has 0 aliphatic heterocycles. The molecule has 0 spiro atoms. The molecule has 0 radical (unpaired) electrons. The summed E-state index contributed by atoms with van der Waals surface area (Å²) in [5.41, 5.74) is 0.336. The molecule has 0 aliphatic carbocycles. The molecule has 0 saturated heterocycles. The van der Waals surface area contributed by atoms with Gasteiger partial charge < -0.3 is 4.90 Å². The maximum atomic E-state index is 13.3. The fourth-order valence-electron chi connectivity index (χ4n) is 1.92. The summed E-state index contributed by atoms with van der Waals surface area (Å²) < 4.78 is 13.3. The third-order valence-electron chi connectivity index (χ3n) is 2.98. The first-order valence-corrected chi connectivity index (χ1v) is 5.67. The van der Waals surface area contributed by atoms with Gasteiger partial charge in [0.15, 0.2) is 0 Å². The first-order chi connectivity index (χ1) is 7.99. The number of hydrogen-bond donors (Lipinski definition) is 0. The van der Waals surface area contributed by atoms with Gasteiger partial charge in [0.2, 0.25) is 0 Å². The van der Waals surface area contributed by atoms with Gasteiger partial charge in [-0.3, -0.25) is 10.1 Å². The van der Waals surface area contributed by atoms with E-state index in [4.69, 9.17) is 0 Å². The van der Waals surface area contributed by atoms with Gasteiger partial charge in [0.25, 0.3) is 5.69 Å². The van der Waals surface area contributed by atoms with E-state index in [0.717, 1.165) is 18.9 Å². The van der Waals surface area contributed by atoms with E-state index in [1.807, 2.05) is 25.8 Å². The molecule has 0 aliphatic rings. The zero-order valence-corrected chi connectivity index (χ0v) is 10.3. The summed E-state index contributed by atoms with van der Waals surface area (Å²) in [6, 6.07) is 3.92. The maximum Gasteiger partial charge on any atom is 0.274 e. The molecule has 0 N–H and O–H groups in total. The van der Waals surface area contributed by atoms with E-state index in [-0.39, 0.29) is 11.7 Å². The Labute approximate surface area is 100 Å². The number of hydrogen-bond acceptors (Lipinski definition) is 3.